The normalized spacial score (nSPS) is 14.5. The van der Waals surface area contributed by atoms with Gasteiger partial charge >= 0.3 is 5.97 Å². The van der Waals surface area contributed by atoms with Gasteiger partial charge in [0.05, 0.1) is 16.6 Å². The molecule has 1 saturated carbocycles. The molecular formula is C29H28F2N2O2. The molecule has 6 heteroatoms. The zero-order chi connectivity index (χ0) is 24.4. The van der Waals surface area contributed by atoms with E-state index in [-0.39, 0.29) is 5.56 Å². The second-order valence-corrected chi connectivity index (χ2v) is 9.46. The lowest BCUT2D eigenvalue weighted by Gasteiger charge is -2.23. The zero-order valence-corrected chi connectivity index (χ0v) is 19.5. The van der Waals surface area contributed by atoms with E-state index in [0.717, 1.165) is 54.7 Å². The number of nitrogens with zero attached hydrogens (tertiary/aromatic N) is 2. The first-order chi connectivity index (χ1) is 17.0. The number of fused-ring (bicyclic) bond motifs is 1. The summed E-state index contributed by atoms with van der Waals surface area (Å²) in [7, 11) is 0. The predicted octanol–water partition coefficient (Wildman–Crippen LogP) is 7.05. The summed E-state index contributed by atoms with van der Waals surface area (Å²) in [6, 6.07) is 17.4. The van der Waals surface area contributed by atoms with Crippen LogP contribution in [-0.4, -0.2) is 20.6 Å². The molecule has 1 fully saturated rings. The molecular weight excluding hydrogens is 446 g/mol. The summed E-state index contributed by atoms with van der Waals surface area (Å²) in [4.78, 5) is 15.9. The molecule has 0 bridgehead atoms. The van der Waals surface area contributed by atoms with Crippen LogP contribution in [0.3, 0.4) is 0 Å². The van der Waals surface area contributed by atoms with Crippen molar-refractivity contribution >= 4 is 17.0 Å². The second kappa shape index (κ2) is 9.98. The van der Waals surface area contributed by atoms with Crippen molar-refractivity contribution in [3.05, 3.63) is 89.0 Å². The Morgan fingerprint density at radius 1 is 0.943 bits per heavy atom. The number of halogens is 2. The molecule has 0 amide bonds. The molecule has 0 unspecified atom stereocenters. The number of benzene rings is 3. The standard InChI is InChI=1S/C29H28F2N2O2/c30-24-16-26-27(17-25(24)31)33(18-20-6-2-1-3-7-20)28(32-26)23-9-5-4-8-21(23)13-10-19-11-14-22(15-12-19)29(34)35/h4-5,8-9,11-12,14-17,20H,1-3,6-7,10,13,18H2,(H,34,35). The minimum atomic E-state index is -0.938. The molecule has 1 aromatic heterocycles. The van der Waals surface area contributed by atoms with Crippen molar-refractivity contribution in [2.24, 2.45) is 5.92 Å². The number of rotatable bonds is 7. The van der Waals surface area contributed by atoms with Gasteiger partial charge in [-0.15, -0.1) is 0 Å². The summed E-state index contributed by atoms with van der Waals surface area (Å²) in [6.07, 6.45) is 7.40. The van der Waals surface area contributed by atoms with Crippen LogP contribution < -0.4 is 0 Å². The number of aryl methyl sites for hydroxylation is 2. The molecule has 0 aliphatic heterocycles. The van der Waals surface area contributed by atoms with Crippen LogP contribution >= 0.6 is 0 Å². The van der Waals surface area contributed by atoms with E-state index in [1.165, 1.54) is 31.4 Å². The number of imidazole rings is 1. The van der Waals surface area contributed by atoms with Crippen molar-refractivity contribution in [3.8, 4) is 11.4 Å². The fourth-order valence-corrected chi connectivity index (χ4v) is 5.19. The van der Waals surface area contributed by atoms with Gasteiger partial charge in [-0.1, -0.05) is 55.7 Å². The summed E-state index contributed by atoms with van der Waals surface area (Å²) in [5.41, 5.74) is 4.46. The number of carboxylic acid groups (broad SMARTS) is 1. The molecule has 1 aliphatic carbocycles. The van der Waals surface area contributed by atoms with Crippen molar-refractivity contribution < 1.29 is 18.7 Å². The average molecular weight is 475 g/mol. The Kier molecular flexibility index (Phi) is 6.62. The fraction of sp³-hybridized carbons (Fsp3) is 0.310. The predicted molar refractivity (Wildman–Crippen MR) is 132 cm³/mol. The lowest BCUT2D eigenvalue weighted by Crippen LogP contribution is -2.15. The Morgan fingerprint density at radius 2 is 1.66 bits per heavy atom. The highest BCUT2D eigenvalue weighted by Gasteiger charge is 2.21. The molecule has 1 heterocycles. The number of hydrogen-bond donors (Lipinski definition) is 1. The maximum Gasteiger partial charge on any atom is 0.335 e. The molecule has 4 nitrogen and oxygen atoms in total. The van der Waals surface area contributed by atoms with Crippen molar-refractivity contribution in [1.29, 1.82) is 0 Å². The number of aromatic carboxylic acids is 1. The Morgan fingerprint density at radius 3 is 2.40 bits per heavy atom. The monoisotopic (exact) mass is 474 g/mol. The first-order valence-corrected chi connectivity index (χ1v) is 12.3. The quantitative estimate of drug-likeness (QED) is 0.312. The van der Waals surface area contributed by atoms with Crippen molar-refractivity contribution in [1.82, 2.24) is 9.55 Å². The second-order valence-electron chi connectivity index (χ2n) is 9.46. The fourth-order valence-electron chi connectivity index (χ4n) is 5.19. The van der Waals surface area contributed by atoms with Gasteiger partial charge in [0, 0.05) is 24.2 Å². The number of hydrogen-bond acceptors (Lipinski definition) is 2. The van der Waals surface area contributed by atoms with Gasteiger partial charge in [0.2, 0.25) is 0 Å². The van der Waals surface area contributed by atoms with Gasteiger partial charge in [-0.3, -0.25) is 0 Å². The van der Waals surface area contributed by atoms with Crippen LogP contribution in [0, 0.1) is 17.6 Å². The molecule has 0 atom stereocenters. The van der Waals surface area contributed by atoms with E-state index in [9.17, 15) is 13.6 Å². The summed E-state index contributed by atoms with van der Waals surface area (Å²) in [5.74, 6) is -1.44. The number of carbonyl (C=O) groups is 1. The molecule has 1 aliphatic rings. The van der Waals surface area contributed by atoms with Crippen molar-refractivity contribution in [2.45, 2.75) is 51.5 Å². The first kappa shape index (κ1) is 23.2. The molecule has 4 aromatic rings. The van der Waals surface area contributed by atoms with E-state index in [1.807, 2.05) is 30.3 Å². The van der Waals surface area contributed by atoms with Crippen LogP contribution in [0.2, 0.25) is 0 Å². The van der Waals surface area contributed by atoms with Gasteiger partial charge in [-0.05, 0) is 54.9 Å². The Bertz CT molecular complexity index is 1360. The third-order valence-electron chi connectivity index (χ3n) is 7.10. The molecule has 3 aromatic carbocycles. The van der Waals surface area contributed by atoms with Crippen LogP contribution in [-0.2, 0) is 19.4 Å². The summed E-state index contributed by atoms with van der Waals surface area (Å²) >= 11 is 0. The van der Waals surface area contributed by atoms with Gasteiger partial charge in [0.15, 0.2) is 11.6 Å². The van der Waals surface area contributed by atoms with Gasteiger partial charge in [0.1, 0.15) is 5.82 Å². The van der Waals surface area contributed by atoms with Crippen LogP contribution in [0.15, 0.2) is 60.7 Å². The molecule has 1 N–H and O–H groups in total. The minimum absolute atomic E-state index is 0.269. The van der Waals surface area contributed by atoms with Crippen molar-refractivity contribution in [2.75, 3.05) is 0 Å². The molecule has 5 rings (SSSR count). The van der Waals surface area contributed by atoms with Gasteiger partial charge in [-0.25, -0.2) is 18.6 Å². The Hall–Kier alpha value is -3.54. The van der Waals surface area contributed by atoms with Crippen LogP contribution in [0.1, 0.15) is 53.6 Å². The first-order valence-electron chi connectivity index (χ1n) is 12.3. The molecule has 180 valence electrons. The van der Waals surface area contributed by atoms with Crippen LogP contribution in [0.25, 0.3) is 22.4 Å². The van der Waals surface area contributed by atoms with E-state index in [1.54, 1.807) is 12.1 Å². The maximum absolute atomic E-state index is 14.2. The molecule has 0 saturated heterocycles. The summed E-state index contributed by atoms with van der Waals surface area (Å²) in [6.45, 7) is 0.738. The SMILES string of the molecule is O=C(O)c1ccc(CCc2ccccc2-c2nc3cc(F)c(F)cc3n2CC2CCCCC2)cc1. The number of carboxylic acids is 1. The van der Waals surface area contributed by atoms with E-state index in [0.29, 0.717) is 17.0 Å². The summed E-state index contributed by atoms with van der Waals surface area (Å²) < 4.78 is 30.4. The van der Waals surface area contributed by atoms with Gasteiger partial charge < -0.3 is 9.67 Å². The van der Waals surface area contributed by atoms with E-state index in [2.05, 4.69) is 10.6 Å². The van der Waals surface area contributed by atoms with Crippen molar-refractivity contribution in [3.63, 3.8) is 0 Å². The third-order valence-corrected chi connectivity index (χ3v) is 7.10. The lowest BCUT2D eigenvalue weighted by atomic mass is 9.89. The Labute approximate surface area is 203 Å². The van der Waals surface area contributed by atoms with Gasteiger partial charge in [-0.2, -0.15) is 0 Å². The van der Waals surface area contributed by atoms with Crippen LogP contribution in [0.4, 0.5) is 8.78 Å². The topological polar surface area (TPSA) is 55.1 Å². The highest BCUT2D eigenvalue weighted by molar-refractivity contribution is 5.87. The Balaban J connectivity index is 1.50. The molecule has 35 heavy (non-hydrogen) atoms. The lowest BCUT2D eigenvalue weighted by molar-refractivity contribution is 0.0697. The maximum atomic E-state index is 14.2. The highest BCUT2D eigenvalue weighted by atomic mass is 19.2. The van der Waals surface area contributed by atoms with E-state index < -0.39 is 17.6 Å². The van der Waals surface area contributed by atoms with E-state index >= 15 is 0 Å². The highest BCUT2D eigenvalue weighted by Crippen LogP contribution is 2.33. The molecule has 0 spiro atoms. The molecule has 0 radical (unpaired) electrons. The third kappa shape index (κ3) is 4.97. The smallest absolute Gasteiger partial charge is 0.335 e. The minimum Gasteiger partial charge on any atom is -0.478 e. The zero-order valence-electron chi connectivity index (χ0n) is 19.5. The van der Waals surface area contributed by atoms with Crippen LogP contribution in [0.5, 0.6) is 0 Å². The van der Waals surface area contributed by atoms with Gasteiger partial charge in [0.25, 0.3) is 0 Å². The average Bonchev–Trinajstić information content (AvgIpc) is 3.20. The number of aromatic nitrogens is 2. The van der Waals surface area contributed by atoms with E-state index in [4.69, 9.17) is 10.1 Å². The summed E-state index contributed by atoms with van der Waals surface area (Å²) in [5, 5.41) is 9.13. The largest absolute Gasteiger partial charge is 0.478 e.